The first kappa shape index (κ1) is 20.2. The van der Waals surface area contributed by atoms with Crippen molar-refractivity contribution in [2.75, 3.05) is 23.1 Å². The molecule has 0 unspecified atom stereocenters. The average molecular weight is 441 g/mol. The first-order valence-corrected chi connectivity index (χ1v) is 10.1. The van der Waals surface area contributed by atoms with E-state index in [1.165, 1.54) is 6.33 Å². The molecule has 2 aromatic carbocycles. The van der Waals surface area contributed by atoms with E-state index in [2.05, 4.69) is 35.9 Å². The Balaban J connectivity index is 1.34. The van der Waals surface area contributed by atoms with E-state index in [1.54, 1.807) is 43.8 Å². The van der Waals surface area contributed by atoms with E-state index in [4.69, 9.17) is 9.47 Å². The molecule has 164 valence electrons. The van der Waals surface area contributed by atoms with Gasteiger partial charge in [0, 0.05) is 17.7 Å². The first-order valence-electron chi connectivity index (χ1n) is 10.1. The molecule has 10 nitrogen and oxygen atoms in total. The summed E-state index contributed by atoms with van der Waals surface area (Å²) in [6.45, 7) is 0.503. The second kappa shape index (κ2) is 8.79. The smallest absolute Gasteiger partial charge is 0.258 e. The highest BCUT2D eigenvalue weighted by Crippen LogP contribution is 2.42. The third-order valence-electron chi connectivity index (χ3n) is 4.92. The molecule has 1 aliphatic rings. The van der Waals surface area contributed by atoms with Gasteiger partial charge in [-0.25, -0.2) is 15.0 Å². The number of hydrogen-bond donors (Lipinski definition) is 3. The average Bonchev–Trinajstić information content (AvgIpc) is 3.06. The van der Waals surface area contributed by atoms with Gasteiger partial charge in [-0.3, -0.25) is 10.1 Å². The van der Waals surface area contributed by atoms with E-state index in [1.807, 2.05) is 24.3 Å². The van der Waals surface area contributed by atoms with Crippen molar-refractivity contribution in [3.8, 4) is 17.4 Å². The van der Waals surface area contributed by atoms with Crippen LogP contribution in [0.5, 0.6) is 17.4 Å². The van der Waals surface area contributed by atoms with Crippen LogP contribution in [0, 0.1) is 0 Å². The molecule has 10 heteroatoms. The van der Waals surface area contributed by atoms with Gasteiger partial charge in [-0.2, -0.15) is 4.98 Å². The molecule has 5 rings (SSSR count). The predicted molar refractivity (Wildman–Crippen MR) is 122 cm³/mol. The minimum absolute atomic E-state index is 0.194. The van der Waals surface area contributed by atoms with E-state index < -0.39 is 0 Å². The summed E-state index contributed by atoms with van der Waals surface area (Å²) in [6.07, 6.45) is 4.51. The van der Waals surface area contributed by atoms with Gasteiger partial charge in [0.15, 0.2) is 17.3 Å². The molecule has 0 aliphatic carbocycles. The molecule has 0 atom stereocenters. The van der Waals surface area contributed by atoms with Crippen LogP contribution in [0.2, 0.25) is 0 Å². The maximum absolute atomic E-state index is 12.3. The molecule has 3 heterocycles. The SMILES string of the molecule is COc1cccc2c1Oc1ncnc(Nc3cnc(NC(=O)c4ccccc4)nc3)c1NC2. The zero-order valence-corrected chi connectivity index (χ0v) is 17.6. The Morgan fingerprint density at radius 2 is 1.85 bits per heavy atom. The Morgan fingerprint density at radius 1 is 1.03 bits per heavy atom. The number of amides is 1. The van der Waals surface area contributed by atoms with Crippen molar-refractivity contribution in [1.29, 1.82) is 0 Å². The number of anilines is 4. The number of hydrogen-bond acceptors (Lipinski definition) is 9. The fraction of sp³-hybridized carbons (Fsp3) is 0.0870. The highest BCUT2D eigenvalue weighted by atomic mass is 16.5. The molecule has 33 heavy (non-hydrogen) atoms. The molecular formula is C23H19N7O3. The molecule has 0 fully saturated rings. The van der Waals surface area contributed by atoms with Crippen molar-refractivity contribution in [3.05, 3.63) is 78.4 Å². The zero-order valence-electron chi connectivity index (χ0n) is 17.6. The van der Waals surface area contributed by atoms with E-state index >= 15 is 0 Å². The number of methoxy groups -OCH3 is 1. The van der Waals surface area contributed by atoms with Crippen molar-refractivity contribution in [1.82, 2.24) is 19.9 Å². The number of carbonyl (C=O) groups excluding carboxylic acids is 1. The van der Waals surface area contributed by atoms with Crippen molar-refractivity contribution >= 4 is 29.0 Å². The molecule has 0 radical (unpaired) electrons. The highest BCUT2D eigenvalue weighted by molar-refractivity contribution is 6.03. The lowest BCUT2D eigenvalue weighted by Gasteiger charge is -2.13. The summed E-state index contributed by atoms with van der Waals surface area (Å²) in [5.41, 5.74) is 2.63. The van der Waals surface area contributed by atoms with Crippen molar-refractivity contribution < 1.29 is 14.3 Å². The third-order valence-corrected chi connectivity index (χ3v) is 4.92. The summed E-state index contributed by atoms with van der Waals surface area (Å²) in [6, 6.07) is 14.5. The van der Waals surface area contributed by atoms with Gasteiger partial charge >= 0.3 is 0 Å². The lowest BCUT2D eigenvalue weighted by Crippen LogP contribution is -2.14. The number of fused-ring (bicyclic) bond motifs is 2. The standard InChI is InChI=1S/C23H19N7O3/c1-32-17-9-5-8-15-10-24-18-20(27-13-28-22(18)33-19(15)17)29-16-11-25-23(26-12-16)30-21(31)14-6-3-2-4-7-14/h2-9,11-13,24H,10H2,1H3,(H,27,28,29)(H,25,26,30,31). The summed E-state index contributed by atoms with van der Waals surface area (Å²) in [4.78, 5) is 29.3. The topological polar surface area (TPSA) is 123 Å². The number of nitrogens with one attached hydrogen (secondary N) is 3. The summed E-state index contributed by atoms with van der Waals surface area (Å²) in [7, 11) is 1.59. The molecule has 1 amide bonds. The number of para-hydroxylation sites is 1. The van der Waals surface area contributed by atoms with Crippen LogP contribution in [0.4, 0.5) is 23.1 Å². The number of aromatic nitrogens is 4. The van der Waals surface area contributed by atoms with Crippen LogP contribution in [-0.2, 0) is 6.54 Å². The monoisotopic (exact) mass is 441 g/mol. The fourth-order valence-electron chi connectivity index (χ4n) is 3.32. The summed E-state index contributed by atoms with van der Waals surface area (Å²) < 4.78 is 11.5. The van der Waals surface area contributed by atoms with E-state index in [0.29, 0.717) is 46.7 Å². The third kappa shape index (κ3) is 4.22. The number of carbonyl (C=O) groups is 1. The largest absolute Gasteiger partial charge is 0.493 e. The molecule has 1 aliphatic heterocycles. The molecule has 0 saturated heterocycles. The van der Waals surface area contributed by atoms with Gasteiger partial charge in [0.25, 0.3) is 5.91 Å². The zero-order chi connectivity index (χ0) is 22.6. The van der Waals surface area contributed by atoms with Crippen molar-refractivity contribution in [2.45, 2.75) is 6.54 Å². The van der Waals surface area contributed by atoms with Gasteiger partial charge in [-0.15, -0.1) is 0 Å². The molecule has 0 bridgehead atoms. The first-order chi connectivity index (χ1) is 16.2. The number of nitrogens with zero attached hydrogens (tertiary/aromatic N) is 4. The summed E-state index contributed by atoms with van der Waals surface area (Å²) in [5, 5.41) is 9.15. The van der Waals surface area contributed by atoms with Crippen molar-refractivity contribution in [2.24, 2.45) is 0 Å². The van der Waals surface area contributed by atoms with E-state index in [-0.39, 0.29) is 11.9 Å². The second-order valence-electron chi connectivity index (χ2n) is 7.05. The summed E-state index contributed by atoms with van der Waals surface area (Å²) in [5.74, 6) is 2.00. The van der Waals surface area contributed by atoms with Gasteiger partial charge in [-0.05, 0) is 18.2 Å². The lowest BCUT2D eigenvalue weighted by molar-refractivity contribution is 0.102. The Bertz CT molecular complexity index is 1300. The fourth-order valence-corrected chi connectivity index (χ4v) is 3.32. The van der Waals surface area contributed by atoms with Gasteiger partial charge < -0.3 is 20.1 Å². The van der Waals surface area contributed by atoms with Crippen LogP contribution < -0.4 is 25.4 Å². The van der Waals surface area contributed by atoms with Gasteiger partial charge in [-0.1, -0.05) is 30.3 Å². The van der Waals surface area contributed by atoms with Crippen LogP contribution in [0.15, 0.2) is 67.3 Å². The quantitative estimate of drug-likeness (QED) is 0.422. The van der Waals surface area contributed by atoms with E-state index in [0.717, 1.165) is 5.56 Å². The van der Waals surface area contributed by atoms with Gasteiger partial charge in [0.2, 0.25) is 11.8 Å². The number of rotatable bonds is 5. The second-order valence-corrected chi connectivity index (χ2v) is 7.05. The minimum Gasteiger partial charge on any atom is -0.493 e. The predicted octanol–water partition coefficient (Wildman–Crippen LogP) is 3.99. The van der Waals surface area contributed by atoms with Crippen LogP contribution in [0.3, 0.4) is 0 Å². The Hall–Kier alpha value is -4.73. The molecule has 4 aromatic rings. The Kier molecular flexibility index (Phi) is 5.38. The number of benzene rings is 2. The minimum atomic E-state index is -0.284. The van der Waals surface area contributed by atoms with Crippen LogP contribution in [0.1, 0.15) is 15.9 Å². The molecule has 2 aromatic heterocycles. The molecule has 0 saturated carbocycles. The highest BCUT2D eigenvalue weighted by Gasteiger charge is 2.22. The Morgan fingerprint density at radius 3 is 2.64 bits per heavy atom. The van der Waals surface area contributed by atoms with Crippen molar-refractivity contribution in [3.63, 3.8) is 0 Å². The molecule has 0 spiro atoms. The summed E-state index contributed by atoms with van der Waals surface area (Å²) >= 11 is 0. The van der Waals surface area contributed by atoms with Gasteiger partial charge in [0.05, 0.1) is 25.2 Å². The lowest BCUT2D eigenvalue weighted by atomic mass is 10.2. The maximum atomic E-state index is 12.3. The Labute approximate surface area is 189 Å². The van der Waals surface area contributed by atoms with Crippen LogP contribution in [0.25, 0.3) is 0 Å². The maximum Gasteiger partial charge on any atom is 0.258 e. The van der Waals surface area contributed by atoms with Crippen LogP contribution in [-0.4, -0.2) is 33.0 Å². The normalized spacial score (nSPS) is 11.7. The van der Waals surface area contributed by atoms with E-state index in [9.17, 15) is 4.79 Å². The molecule has 3 N–H and O–H groups in total. The van der Waals surface area contributed by atoms with Gasteiger partial charge in [0.1, 0.15) is 12.0 Å². The molecular weight excluding hydrogens is 422 g/mol. The number of ether oxygens (including phenoxy) is 2. The van der Waals surface area contributed by atoms with Crippen LogP contribution >= 0.6 is 0 Å².